The van der Waals surface area contributed by atoms with Crippen molar-refractivity contribution >= 4 is 22.8 Å². The average Bonchev–Trinajstić information content (AvgIpc) is 3.63. The summed E-state index contributed by atoms with van der Waals surface area (Å²) in [4.78, 5) is 9.95. The van der Waals surface area contributed by atoms with E-state index in [1.807, 2.05) is 42.5 Å². The SMILES string of the molecule is Oc1ccccc1-c1cccc(C2(c3[c-]c(-c4nccc5nsnc45)ccc3)c3ccccc3-c3ccccc32)n1.[Pt]. The second-order valence-corrected chi connectivity index (χ2v) is 10.6. The molecular weight excluding hydrogens is 720 g/mol. The summed E-state index contributed by atoms with van der Waals surface area (Å²) in [5, 5.41) is 10.7. The number of aromatic nitrogens is 4. The van der Waals surface area contributed by atoms with E-state index >= 15 is 0 Å². The van der Waals surface area contributed by atoms with E-state index in [9.17, 15) is 5.11 Å². The summed E-state index contributed by atoms with van der Waals surface area (Å²) in [5.74, 6) is 0.197. The molecule has 0 fully saturated rings. The van der Waals surface area contributed by atoms with Crippen LogP contribution in [-0.4, -0.2) is 23.8 Å². The van der Waals surface area contributed by atoms with Crippen LogP contribution in [0.25, 0.3) is 44.7 Å². The van der Waals surface area contributed by atoms with E-state index < -0.39 is 5.41 Å². The number of pyridine rings is 2. The van der Waals surface area contributed by atoms with Crippen LogP contribution in [-0.2, 0) is 26.5 Å². The standard InChI is InChI=1S/C35H21N4OS.Pt/c40-31-17-6-3-13-26(31)29-16-8-18-32(37-29)35(27-14-4-1-11-24(27)25-12-2-5-15-28(25)35)23-10-7-9-22(21-23)33-34-30(19-20-36-33)38-41-39-34;/h1-20,40H;/q-1;. The topological polar surface area (TPSA) is 71.8 Å². The van der Waals surface area contributed by atoms with Crippen molar-refractivity contribution in [2.24, 2.45) is 0 Å². The van der Waals surface area contributed by atoms with Crippen LogP contribution in [0.4, 0.5) is 0 Å². The number of benzene rings is 4. The van der Waals surface area contributed by atoms with E-state index in [0.717, 1.165) is 44.7 Å². The van der Waals surface area contributed by atoms with Gasteiger partial charge < -0.3 is 10.1 Å². The van der Waals surface area contributed by atoms with Gasteiger partial charge in [0.25, 0.3) is 0 Å². The number of phenols is 1. The Labute approximate surface area is 261 Å². The first-order chi connectivity index (χ1) is 20.2. The first-order valence-electron chi connectivity index (χ1n) is 13.3. The van der Waals surface area contributed by atoms with Crippen LogP contribution in [0.3, 0.4) is 0 Å². The molecule has 3 heterocycles. The van der Waals surface area contributed by atoms with Crippen molar-refractivity contribution in [3.8, 4) is 39.4 Å². The normalized spacial score (nSPS) is 12.9. The third-order valence-corrected chi connectivity index (χ3v) is 8.44. The van der Waals surface area contributed by atoms with Crippen LogP contribution in [0.2, 0.25) is 0 Å². The molecule has 0 unspecified atom stereocenters. The maximum Gasteiger partial charge on any atom is 0.124 e. The summed E-state index contributed by atoms with van der Waals surface area (Å²) < 4.78 is 8.95. The van der Waals surface area contributed by atoms with Gasteiger partial charge >= 0.3 is 0 Å². The quantitative estimate of drug-likeness (QED) is 0.188. The molecule has 3 aromatic heterocycles. The van der Waals surface area contributed by atoms with Crippen molar-refractivity contribution in [1.82, 2.24) is 18.7 Å². The molecule has 0 amide bonds. The van der Waals surface area contributed by atoms with Gasteiger partial charge in [0.2, 0.25) is 0 Å². The van der Waals surface area contributed by atoms with Crippen LogP contribution in [0.1, 0.15) is 22.4 Å². The van der Waals surface area contributed by atoms with E-state index in [1.54, 1.807) is 12.3 Å². The third kappa shape index (κ3) is 3.87. The fraction of sp³-hybridized carbons (Fsp3) is 0.0286. The van der Waals surface area contributed by atoms with Crippen LogP contribution >= 0.6 is 11.7 Å². The van der Waals surface area contributed by atoms with Gasteiger partial charge in [0.05, 0.1) is 39.6 Å². The Hall–Kier alpha value is -4.51. The zero-order chi connectivity index (χ0) is 27.4. The summed E-state index contributed by atoms with van der Waals surface area (Å²) >= 11 is 1.19. The predicted octanol–water partition coefficient (Wildman–Crippen LogP) is 7.68. The Bertz CT molecular complexity index is 2060. The maximum atomic E-state index is 10.7. The number of hydrogen-bond donors (Lipinski definition) is 1. The minimum Gasteiger partial charge on any atom is -0.507 e. The van der Waals surface area contributed by atoms with E-state index in [-0.39, 0.29) is 26.8 Å². The first kappa shape index (κ1) is 26.4. The molecule has 0 spiro atoms. The van der Waals surface area contributed by atoms with Gasteiger partial charge in [-0.15, -0.1) is 35.4 Å². The van der Waals surface area contributed by atoms with Crippen molar-refractivity contribution < 1.29 is 26.2 Å². The third-order valence-electron chi connectivity index (χ3n) is 7.89. The Kier molecular flexibility index (Phi) is 6.53. The molecule has 8 rings (SSSR count). The van der Waals surface area contributed by atoms with Gasteiger partial charge in [-0.05, 0) is 52.6 Å². The fourth-order valence-electron chi connectivity index (χ4n) is 6.16. The molecule has 0 saturated heterocycles. The number of nitrogens with zero attached hydrogens (tertiary/aromatic N) is 4. The molecule has 7 heteroatoms. The van der Waals surface area contributed by atoms with Gasteiger partial charge in [-0.25, -0.2) is 0 Å². The Balaban J connectivity index is 0.00000288. The molecule has 0 saturated carbocycles. The van der Waals surface area contributed by atoms with E-state index in [4.69, 9.17) is 9.97 Å². The zero-order valence-electron chi connectivity index (χ0n) is 22.0. The Morgan fingerprint density at radius 2 is 1.36 bits per heavy atom. The van der Waals surface area contributed by atoms with Crippen LogP contribution in [0, 0.1) is 6.07 Å². The summed E-state index contributed by atoms with van der Waals surface area (Å²) in [7, 11) is 0. The van der Waals surface area contributed by atoms with Gasteiger partial charge in [-0.2, -0.15) is 8.75 Å². The van der Waals surface area contributed by atoms with Gasteiger partial charge in [0.1, 0.15) is 5.75 Å². The number of hydrogen-bond acceptors (Lipinski definition) is 6. The zero-order valence-corrected chi connectivity index (χ0v) is 25.1. The van der Waals surface area contributed by atoms with Crippen molar-refractivity contribution in [3.05, 3.63) is 150 Å². The smallest absolute Gasteiger partial charge is 0.124 e. The maximum absolute atomic E-state index is 10.7. The molecule has 0 bridgehead atoms. The number of aromatic hydroxyl groups is 1. The van der Waals surface area contributed by atoms with Gasteiger partial charge in [-0.3, -0.25) is 4.98 Å². The molecular formula is C35H21N4OPtS-. The van der Waals surface area contributed by atoms with Crippen molar-refractivity contribution in [2.45, 2.75) is 5.41 Å². The van der Waals surface area contributed by atoms with Crippen LogP contribution in [0.5, 0.6) is 5.75 Å². The molecule has 1 N–H and O–H groups in total. The molecule has 0 atom stereocenters. The molecule has 0 radical (unpaired) electrons. The Morgan fingerprint density at radius 3 is 2.12 bits per heavy atom. The molecule has 7 aromatic rings. The van der Waals surface area contributed by atoms with E-state index in [0.29, 0.717) is 11.3 Å². The van der Waals surface area contributed by atoms with Crippen molar-refractivity contribution in [1.29, 1.82) is 0 Å². The number of para-hydroxylation sites is 1. The van der Waals surface area contributed by atoms with Crippen LogP contribution < -0.4 is 0 Å². The molecule has 5 nitrogen and oxygen atoms in total. The van der Waals surface area contributed by atoms with Crippen molar-refractivity contribution in [2.75, 3.05) is 0 Å². The molecule has 1 aliphatic rings. The largest absolute Gasteiger partial charge is 0.507 e. The Morgan fingerprint density at radius 1 is 0.667 bits per heavy atom. The second kappa shape index (κ2) is 10.4. The predicted molar refractivity (Wildman–Crippen MR) is 162 cm³/mol. The molecule has 4 aromatic carbocycles. The second-order valence-electron chi connectivity index (χ2n) is 10.0. The summed E-state index contributed by atoms with van der Waals surface area (Å²) in [5.41, 5.74) is 10.3. The molecule has 1 aliphatic carbocycles. The van der Waals surface area contributed by atoms with Gasteiger partial charge in [0, 0.05) is 38.5 Å². The molecule has 42 heavy (non-hydrogen) atoms. The molecule has 204 valence electrons. The number of fused-ring (bicyclic) bond motifs is 4. The fourth-order valence-corrected chi connectivity index (χ4v) is 6.70. The van der Waals surface area contributed by atoms with E-state index in [2.05, 4.69) is 81.5 Å². The van der Waals surface area contributed by atoms with E-state index in [1.165, 1.54) is 22.9 Å². The summed E-state index contributed by atoms with van der Waals surface area (Å²) in [6, 6.07) is 42.3. The summed E-state index contributed by atoms with van der Waals surface area (Å²) in [6.07, 6.45) is 1.77. The minimum atomic E-state index is -0.752. The van der Waals surface area contributed by atoms with Gasteiger partial charge in [-0.1, -0.05) is 66.7 Å². The average molecular weight is 741 g/mol. The number of phenolic OH excluding ortho intramolecular Hbond substituents is 1. The monoisotopic (exact) mass is 740 g/mol. The number of rotatable bonds is 4. The first-order valence-corrected chi connectivity index (χ1v) is 14.0. The van der Waals surface area contributed by atoms with Gasteiger partial charge in [0.15, 0.2) is 0 Å². The van der Waals surface area contributed by atoms with Crippen LogP contribution in [0.15, 0.2) is 121 Å². The minimum absolute atomic E-state index is 0. The molecule has 0 aliphatic heterocycles. The van der Waals surface area contributed by atoms with Crippen molar-refractivity contribution in [3.63, 3.8) is 0 Å². The summed E-state index contributed by atoms with van der Waals surface area (Å²) in [6.45, 7) is 0.